The number of alkyl halides is 1. The first-order valence-electron chi connectivity index (χ1n) is 12.5. The molecule has 0 saturated heterocycles. The fraction of sp³-hybridized carbons (Fsp3) is 0.519. The molecule has 1 aliphatic heterocycles. The summed E-state index contributed by atoms with van der Waals surface area (Å²) in [4.78, 5) is 48.1. The van der Waals surface area contributed by atoms with E-state index in [1.54, 1.807) is 20.0 Å². The number of oxime groups is 1. The average molecular weight is 500 g/mol. The second-order valence-corrected chi connectivity index (χ2v) is 9.34. The van der Waals surface area contributed by atoms with Gasteiger partial charge in [0.25, 0.3) is 5.91 Å². The van der Waals surface area contributed by atoms with Crippen molar-refractivity contribution >= 4 is 34.1 Å². The number of ether oxygens (including phenoxy) is 1. The summed E-state index contributed by atoms with van der Waals surface area (Å²) in [5, 5.41) is 8.57. The number of amides is 1. The predicted molar refractivity (Wildman–Crippen MR) is 134 cm³/mol. The molecule has 0 fully saturated rings. The van der Waals surface area contributed by atoms with Crippen LogP contribution < -0.4 is 5.32 Å². The minimum Gasteiger partial charge on any atom is -0.466 e. The van der Waals surface area contributed by atoms with Gasteiger partial charge in [0.1, 0.15) is 18.4 Å². The summed E-state index contributed by atoms with van der Waals surface area (Å²) >= 11 is 0. The Morgan fingerprint density at radius 2 is 1.94 bits per heavy atom. The van der Waals surface area contributed by atoms with E-state index in [0.717, 1.165) is 30.0 Å². The molecule has 2 heterocycles. The molecule has 194 valence electrons. The van der Waals surface area contributed by atoms with E-state index in [4.69, 9.17) is 9.57 Å². The number of hydrogen-bond donors (Lipinski definition) is 1. The summed E-state index contributed by atoms with van der Waals surface area (Å²) in [7, 11) is 0. The molecule has 36 heavy (non-hydrogen) atoms. The number of esters is 1. The van der Waals surface area contributed by atoms with Gasteiger partial charge in [0.15, 0.2) is 5.78 Å². The molecule has 1 aliphatic rings. The molecule has 2 atom stereocenters. The number of nitrogens with zero attached hydrogens (tertiary/aromatic N) is 2. The average Bonchev–Trinajstić information content (AvgIpc) is 3.34. The number of nitrogens with one attached hydrogen (secondary N) is 1. The van der Waals surface area contributed by atoms with Gasteiger partial charge in [-0.3, -0.25) is 19.4 Å². The summed E-state index contributed by atoms with van der Waals surface area (Å²) in [5.41, 5.74) is -0.339. The molecule has 0 saturated carbocycles. The van der Waals surface area contributed by atoms with Gasteiger partial charge >= 0.3 is 5.97 Å². The van der Waals surface area contributed by atoms with Crippen molar-refractivity contribution in [2.45, 2.75) is 70.9 Å². The summed E-state index contributed by atoms with van der Waals surface area (Å²) in [6.45, 7) is 4.58. The largest absolute Gasteiger partial charge is 0.466 e. The van der Waals surface area contributed by atoms with E-state index < -0.39 is 42.4 Å². The summed E-state index contributed by atoms with van der Waals surface area (Å²) in [6, 6.07) is 8.21. The molecule has 0 radical (unpaired) electrons. The van der Waals surface area contributed by atoms with Crippen LogP contribution in [0.3, 0.4) is 0 Å². The molecule has 2 aromatic rings. The van der Waals surface area contributed by atoms with Crippen LogP contribution in [0, 0.1) is 5.92 Å². The number of rotatable bonds is 13. The number of unbranched alkanes of at least 4 members (excludes halogenated alkanes) is 3. The Morgan fingerprint density at radius 1 is 1.17 bits per heavy atom. The quantitative estimate of drug-likeness (QED) is 0.325. The fourth-order valence-electron chi connectivity index (χ4n) is 4.18. The first-order valence-corrected chi connectivity index (χ1v) is 12.5. The number of Topliss-reactive ketones (excluding diaryl/α,β-unsaturated/α-hetero) is 1. The van der Waals surface area contributed by atoms with Crippen molar-refractivity contribution in [1.82, 2.24) is 10.3 Å². The zero-order valence-electron chi connectivity index (χ0n) is 21.1. The molecular weight excluding hydrogens is 465 g/mol. The lowest BCUT2D eigenvalue weighted by atomic mass is 9.83. The highest BCUT2D eigenvalue weighted by atomic mass is 19.1. The van der Waals surface area contributed by atoms with Crippen LogP contribution in [0.4, 0.5) is 4.39 Å². The van der Waals surface area contributed by atoms with Gasteiger partial charge in [0, 0.05) is 23.9 Å². The smallest absolute Gasteiger partial charge is 0.308 e. The van der Waals surface area contributed by atoms with Gasteiger partial charge in [-0.25, -0.2) is 4.39 Å². The monoisotopic (exact) mass is 499 g/mol. The number of halogens is 1. The second-order valence-electron chi connectivity index (χ2n) is 9.34. The van der Waals surface area contributed by atoms with Crippen LogP contribution in [0.5, 0.6) is 0 Å². The summed E-state index contributed by atoms with van der Waals surface area (Å²) in [6.07, 6.45) is 5.04. The number of carbonyl (C=O) groups is 3. The lowest BCUT2D eigenvalue weighted by molar-refractivity contribution is -0.153. The Kier molecular flexibility index (Phi) is 9.50. The Bertz CT molecular complexity index is 1110. The van der Waals surface area contributed by atoms with Crippen LogP contribution in [0.1, 0.15) is 65.0 Å². The van der Waals surface area contributed by atoms with Crippen molar-refractivity contribution in [2.75, 3.05) is 13.3 Å². The number of carbonyl (C=O) groups excluding carboxylic acids is 3. The van der Waals surface area contributed by atoms with E-state index in [-0.39, 0.29) is 18.9 Å². The van der Waals surface area contributed by atoms with Crippen molar-refractivity contribution in [3.05, 3.63) is 42.2 Å². The summed E-state index contributed by atoms with van der Waals surface area (Å²) < 4.78 is 18.5. The van der Waals surface area contributed by atoms with E-state index in [1.807, 2.05) is 30.3 Å². The maximum absolute atomic E-state index is 13.4. The molecule has 1 aromatic heterocycles. The minimum absolute atomic E-state index is 0.107. The number of hydrogen-bond acceptors (Lipinski definition) is 7. The van der Waals surface area contributed by atoms with Gasteiger partial charge in [-0.05, 0) is 17.9 Å². The van der Waals surface area contributed by atoms with Crippen molar-refractivity contribution in [3.63, 3.8) is 0 Å². The minimum atomic E-state index is -1.44. The topological polar surface area (TPSA) is 107 Å². The Hall–Kier alpha value is -3.36. The van der Waals surface area contributed by atoms with Gasteiger partial charge in [0.05, 0.1) is 18.7 Å². The standard InChI is InChI=1S/C27H34FN3O5/c1-4-5-6-9-14-35-24(33)15-21(23(32)17-28)30-26(34)27(18(2)3)16-22(31-36-27)25-20-11-8-7-10-19(20)12-13-29-25/h7-8,10-13,18,21H,4-6,9,14-17H2,1-3H3,(H,30,34)/t21-,27+/m0/s1. The summed E-state index contributed by atoms with van der Waals surface area (Å²) in [5.74, 6) is -2.55. The molecule has 3 rings (SSSR count). The second kappa shape index (κ2) is 12.6. The van der Waals surface area contributed by atoms with E-state index in [9.17, 15) is 18.8 Å². The highest BCUT2D eigenvalue weighted by Gasteiger charge is 2.51. The zero-order chi connectivity index (χ0) is 26.1. The van der Waals surface area contributed by atoms with Gasteiger partial charge in [0.2, 0.25) is 5.60 Å². The molecule has 0 unspecified atom stereocenters. The molecular formula is C27H34FN3O5. The van der Waals surface area contributed by atoms with Crippen LogP contribution in [-0.4, -0.2) is 53.3 Å². The van der Waals surface area contributed by atoms with Crippen LogP contribution in [0.2, 0.25) is 0 Å². The maximum Gasteiger partial charge on any atom is 0.308 e. The molecule has 0 bridgehead atoms. The Labute approximate surface area is 210 Å². The van der Waals surface area contributed by atoms with Gasteiger partial charge in [-0.2, -0.15) is 0 Å². The number of ketones is 1. The number of aromatic nitrogens is 1. The molecule has 8 nitrogen and oxygen atoms in total. The van der Waals surface area contributed by atoms with E-state index in [2.05, 4.69) is 22.4 Å². The van der Waals surface area contributed by atoms with Gasteiger partial charge < -0.3 is 14.9 Å². The third-order valence-electron chi connectivity index (χ3n) is 6.47. The normalized spacial score (nSPS) is 18.0. The fourth-order valence-corrected chi connectivity index (χ4v) is 4.18. The number of fused-ring (bicyclic) bond motifs is 1. The lowest BCUT2D eigenvalue weighted by Crippen LogP contribution is -2.55. The maximum atomic E-state index is 13.4. The highest BCUT2D eigenvalue weighted by molar-refractivity contribution is 6.12. The number of benzene rings is 1. The molecule has 1 aromatic carbocycles. The van der Waals surface area contributed by atoms with Crippen LogP contribution in [0.25, 0.3) is 10.8 Å². The SMILES string of the molecule is CCCCCCOC(=O)C[C@H](NC(=O)[C@]1(C(C)C)CC(c2nccc3ccccc23)=NO1)C(=O)CF. The first kappa shape index (κ1) is 27.2. The van der Waals surface area contributed by atoms with Crippen LogP contribution in [-0.2, 0) is 24.0 Å². The third kappa shape index (κ3) is 6.25. The van der Waals surface area contributed by atoms with Crippen molar-refractivity contribution in [2.24, 2.45) is 11.1 Å². The number of pyridine rings is 1. The van der Waals surface area contributed by atoms with Crippen LogP contribution in [0.15, 0.2) is 41.7 Å². The van der Waals surface area contributed by atoms with E-state index >= 15 is 0 Å². The molecule has 0 spiro atoms. The molecule has 1 amide bonds. The first-order chi connectivity index (χ1) is 17.3. The van der Waals surface area contributed by atoms with Crippen molar-refractivity contribution in [1.29, 1.82) is 0 Å². The molecule has 0 aliphatic carbocycles. The predicted octanol–water partition coefficient (Wildman–Crippen LogP) is 4.29. The Balaban J connectivity index is 1.72. The van der Waals surface area contributed by atoms with E-state index in [0.29, 0.717) is 17.8 Å². The third-order valence-corrected chi connectivity index (χ3v) is 6.47. The van der Waals surface area contributed by atoms with Crippen molar-refractivity contribution in [3.8, 4) is 0 Å². The highest BCUT2D eigenvalue weighted by Crippen LogP contribution is 2.35. The molecule has 1 N–H and O–H groups in total. The Morgan fingerprint density at radius 3 is 2.67 bits per heavy atom. The lowest BCUT2D eigenvalue weighted by Gasteiger charge is -2.30. The van der Waals surface area contributed by atoms with Gasteiger partial charge in [-0.15, -0.1) is 0 Å². The van der Waals surface area contributed by atoms with Gasteiger partial charge in [-0.1, -0.05) is 69.5 Å². The van der Waals surface area contributed by atoms with E-state index in [1.165, 1.54) is 0 Å². The molecule has 9 heteroatoms. The van der Waals surface area contributed by atoms with Crippen molar-refractivity contribution < 1.29 is 28.3 Å². The van der Waals surface area contributed by atoms with Crippen LogP contribution >= 0.6 is 0 Å². The zero-order valence-corrected chi connectivity index (χ0v) is 21.1.